The Kier molecular flexibility index (Phi) is 7.60. The van der Waals surface area contributed by atoms with Crippen molar-refractivity contribution in [1.82, 2.24) is 9.55 Å². The molecule has 8 nitrogen and oxygen atoms in total. The Hall–Kier alpha value is -2.82. The minimum atomic E-state index is -1.41. The first-order chi connectivity index (χ1) is 16.4. The maximum absolute atomic E-state index is 13.9. The van der Waals surface area contributed by atoms with E-state index in [9.17, 15) is 19.1 Å². The van der Waals surface area contributed by atoms with E-state index >= 15 is 0 Å². The average molecular weight is 491 g/mol. The van der Waals surface area contributed by atoms with E-state index in [1.807, 2.05) is 65.6 Å². The number of nitrogens with one attached hydrogen (secondary N) is 1. The Morgan fingerprint density at radius 3 is 2.29 bits per heavy atom. The Labute approximate surface area is 199 Å². The molecule has 0 spiro atoms. The van der Waals surface area contributed by atoms with Crippen molar-refractivity contribution in [1.29, 1.82) is 0 Å². The van der Waals surface area contributed by atoms with Crippen LogP contribution < -0.4 is 11.2 Å². The molecule has 0 aliphatic carbocycles. The van der Waals surface area contributed by atoms with Crippen molar-refractivity contribution in [3.63, 3.8) is 0 Å². The lowest BCUT2D eigenvalue weighted by atomic mass is 9.97. The number of nitrogens with zero attached hydrogens (tertiary/aromatic N) is 1. The van der Waals surface area contributed by atoms with Crippen molar-refractivity contribution < 1.29 is 23.7 Å². The molecule has 1 aliphatic rings. The minimum Gasteiger partial charge on any atom is -0.386 e. The maximum Gasteiger partial charge on any atom is 0.330 e. The third-order valence-electron chi connectivity index (χ3n) is 5.63. The van der Waals surface area contributed by atoms with E-state index in [0.29, 0.717) is 6.20 Å². The minimum absolute atomic E-state index is 0.0704. The lowest BCUT2D eigenvalue weighted by Gasteiger charge is -2.32. The summed E-state index contributed by atoms with van der Waals surface area (Å²) in [7, 11) is 0. The van der Waals surface area contributed by atoms with Gasteiger partial charge < -0.3 is 19.3 Å². The number of aliphatic hydroxyl groups is 1. The predicted octanol–water partition coefficient (Wildman–Crippen LogP) is 2.35. The molecule has 2 heterocycles. The molecule has 1 fully saturated rings. The van der Waals surface area contributed by atoms with Gasteiger partial charge in [-0.1, -0.05) is 60.7 Å². The van der Waals surface area contributed by atoms with Gasteiger partial charge in [-0.05, 0) is 11.1 Å². The van der Waals surface area contributed by atoms with E-state index in [4.69, 9.17) is 25.8 Å². The fraction of sp³-hybridized carbons (Fsp3) is 0.333. The molecule has 4 rings (SSSR count). The van der Waals surface area contributed by atoms with Crippen LogP contribution in [0.5, 0.6) is 0 Å². The number of hydrogen-bond donors (Lipinski definition) is 2. The summed E-state index contributed by atoms with van der Waals surface area (Å²) in [5, 5.41) is 11.1. The van der Waals surface area contributed by atoms with Crippen molar-refractivity contribution in [2.24, 2.45) is 0 Å². The van der Waals surface area contributed by atoms with Gasteiger partial charge in [0.25, 0.3) is 5.56 Å². The monoisotopic (exact) mass is 490 g/mol. The highest BCUT2D eigenvalue weighted by molar-refractivity contribution is 6.18. The number of ether oxygens (including phenoxy) is 3. The van der Waals surface area contributed by atoms with Crippen molar-refractivity contribution >= 4 is 11.6 Å². The average Bonchev–Trinajstić information content (AvgIpc) is 3.13. The number of benzene rings is 2. The summed E-state index contributed by atoms with van der Waals surface area (Å²) < 4.78 is 32.7. The summed E-state index contributed by atoms with van der Waals surface area (Å²) in [5.41, 5.74) is -1.70. The highest BCUT2D eigenvalue weighted by Crippen LogP contribution is 2.40. The Morgan fingerprint density at radius 1 is 1.06 bits per heavy atom. The summed E-state index contributed by atoms with van der Waals surface area (Å²) >= 11 is 6.32. The van der Waals surface area contributed by atoms with Gasteiger partial charge in [-0.2, -0.15) is 4.39 Å². The molecule has 0 amide bonds. The highest BCUT2D eigenvalue weighted by atomic mass is 35.5. The van der Waals surface area contributed by atoms with Crippen LogP contribution in [-0.4, -0.2) is 45.0 Å². The van der Waals surface area contributed by atoms with E-state index < -0.39 is 41.1 Å². The van der Waals surface area contributed by atoms with Gasteiger partial charge in [-0.25, -0.2) is 4.79 Å². The fourth-order valence-corrected chi connectivity index (χ4v) is 4.19. The third-order valence-corrected chi connectivity index (χ3v) is 6.08. The summed E-state index contributed by atoms with van der Waals surface area (Å²) in [6.45, 7) is 0.312. The molecule has 4 atom stereocenters. The standard InChI is InChI=1S/C24H24ClFN2O6/c25-14-24(15-32-12-16-7-3-1-4-8-16)20(33-13-17-9-5-2-6-10-17)19(29)22(34-24)28-11-18(26)21(30)27-23(28)31/h1-11,19-20,22,29H,12-15H2,(H,27,30,31)/t19-,20-,22+,24+/m0/s1. The van der Waals surface area contributed by atoms with Gasteiger partial charge in [0.05, 0.1) is 31.9 Å². The lowest BCUT2D eigenvalue weighted by molar-refractivity contribution is -0.145. The number of hydrogen-bond acceptors (Lipinski definition) is 6. The number of alkyl halides is 1. The molecule has 0 unspecified atom stereocenters. The molecule has 10 heteroatoms. The molecule has 34 heavy (non-hydrogen) atoms. The van der Waals surface area contributed by atoms with Crippen LogP contribution in [0.2, 0.25) is 0 Å². The quantitative estimate of drug-likeness (QED) is 0.446. The number of halogens is 2. The third kappa shape index (κ3) is 5.13. The van der Waals surface area contributed by atoms with Gasteiger partial charge in [0.15, 0.2) is 6.23 Å². The molecule has 180 valence electrons. The second-order valence-electron chi connectivity index (χ2n) is 8.04. The second kappa shape index (κ2) is 10.6. The lowest BCUT2D eigenvalue weighted by Crippen LogP contribution is -2.50. The second-order valence-corrected chi connectivity index (χ2v) is 8.30. The van der Waals surface area contributed by atoms with Gasteiger partial charge >= 0.3 is 5.69 Å². The van der Waals surface area contributed by atoms with Gasteiger partial charge in [0, 0.05) is 0 Å². The van der Waals surface area contributed by atoms with E-state index in [1.54, 1.807) is 0 Å². The van der Waals surface area contributed by atoms with Crippen LogP contribution >= 0.6 is 11.6 Å². The number of rotatable bonds is 9. The first-order valence-corrected chi connectivity index (χ1v) is 11.2. The fourth-order valence-electron chi connectivity index (χ4n) is 3.90. The molecule has 1 aromatic heterocycles. The molecular weight excluding hydrogens is 467 g/mol. The summed E-state index contributed by atoms with van der Waals surface area (Å²) in [5.74, 6) is -1.34. The number of H-pyrrole nitrogens is 1. The number of aliphatic hydroxyl groups excluding tert-OH is 1. The van der Waals surface area contributed by atoms with Crippen molar-refractivity contribution in [3.8, 4) is 0 Å². The van der Waals surface area contributed by atoms with E-state index in [2.05, 4.69) is 0 Å². The van der Waals surface area contributed by atoms with Crippen LogP contribution in [0.3, 0.4) is 0 Å². The topological polar surface area (TPSA) is 103 Å². The van der Waals surface area contributed by atoms with E-state index in [0.717, 1.165) is 15.7 Å². The van der Waals surface area contributed by atoms with Gasteiger partial charge in [-0.3, -0.25) is 14.3 Å². The molecule has 0 bridgehead atoms. The van der Waals surface area contributed by atoms with Crippen LogP contribution in [0, 0.1) is 5.82 Å². The summed E-state index contributed by atoms with van der Waals surface area (Å²) in [4.78, 5) is 25.7. The normalized spacial score (nSPS) is 24.4. The van der Waals surface area contributed by atoms with Crippen LogP contribution in [0.15, 0.2) is 76.4 Å². The Morgan fingerprint density at radius 2 is 1.68 bits per heavy atom. The molecule has 2 aromatic carbocycles. The largest absolute Gasteiger partial charge is 0.386 e. The Bertz CT molecular complexity index is 1210. The van der Waals surface area contributed by atoms with Crippen LogP contribution in [0.25, 0.3) is 0 Å². The van der Waals surface area contributed by atoms with Crippen LogP contribution in [0.1, 0.15) is 17.4 Å². The number of aromatic amines is 1. The predicted molar refractivity (Wildman–Crippen MR) is 122 cm³/mol. The molecule has 0 radical (unpaired) electrons. The van der Waals surface area contributed by atoms with E-state index in [-0.39, 0.29) is 25.7 Å². The summed E-state index contributed by atoms with van der Waals surface area (Å²) in [6, 6.07) is 18.7. The van der Waals surface area contributed by atoms with Crippen LogP contribution in [0.4, 0.5) is 4.39 Å². The first-order valence-electron chi connectivity index (χ1n) is 10.6. The molecule has 3 aromatic rings. The highest BCUT2D eigenvalue weighted by Gasteiger charge is 2.56. The number of aromatic nitrogens is 2. The Balaban J connectivity index is 1.61. The molecule has 0 saturated carbocycles. The van der Waals surface area contributed by atoms with Crippen molar-refractivity contribution in [2.45, 2.75) is 37.3 Å². The zero-order valence-corrected chi connectivity index (χ0v) is 18.9. The SMILES string of the molecule is O=c1[nH]c(=O)n([C@@H]2O[C@](CCl)(COCc3ccccc3)[C@@H](OCc3ccccc3)[C@@H]2O)cc1F. The molecular formula is C24H24ClFN2O6. The molecule has 1 aliphatic heterocycles. The first kappa shape index (κ1) is 24.3. The maximum atomic E-state index is 13.9. The zero-order chi connectivity index (χ0) is 24.1. The van der Waals surface area contributed by atoms with E-state index in [1.165, 1.54) is 0 Å². The molecule has 1 saturated heterocycles. The zero-order valence-electron chi connectivity index (χ0n) is 18.1. The van der Waals surface area contributed by atoms with Gasteiger partial charge in [0.2, 0.25) is 5.82 Å². The van der Waals surface area contributed by atoms with Gasteiger partial charge in [0.1, 0.15) is 17.8 Å². The molecule has 2 N–H and O–H groups in total. The smallest absolute Gasteiger partial charge is 0.330 e. The van der Waals surface area contributed by atoms with Crippen molar-refractivity contribution in [2.75, 3.05) is 12.5 Å². The van der Waals surface area contributed by atoms with Crippen LogP contribution in [-0.2, 0) is 27.4 Å². The van der Waals surface area contributed by atoms with Crippen molar-refractivity contribution in [3.05, 3.63) is 105 Å². The van der Waals surface area contributed by atoms with Gasteiger partial charge in [-0.15, -0.1) is 11.6 Å². The summed E-state index contributed by atoms with van der Waals surface area (Å²) in [6.07, 6.45) is -3.10.